The maximum absolute atomic E-state index is 12.8. The fraction of sp³-hybridized carbons (Fsp3) is 0.115. The lowest BCUT2D eigenvalue weighted by atomic mass is 10.0. The monoisotopic (exact) mass is 424 g/mol. The molecule has 0 unspecified atom stereocenters. The lowest BCUT2D eigenvalue weighted by Gasteiger charge is -2.14. The number of anilines is 2. The standard InChI is InChI=1S/C26H24N4O2/c1-16-7-10-20(28-26(32)19-5-4-6-21(14-19)30(2)3)15-22(16)24-12-8-17-13-18(25(27)31)9-11-23(17)29-24/h4-15H,1-3H3,(H2,27,31)(H,28,32). The summed E-state index contributed by atoms with van der Waals surface area (Å²) in [6.45, 7) is 2.00. The molecule has 0 fully saturated rings. The molecule has 32 heavy (non-hydrogen) atoms. The molecule has 6 heteroatoms. The van der Waals surface area contributed by atoms with Crippen LogP contribution >= 0.6 is 0 Å². The third kappa shape index (κ3) is 4.30. The number of hydrogen-bond acceptors (Lipinski definition) is 4. The number of nitrogens with two attached hydrogens (primary N) is 1. The average Bonchev–Trinajstić information content (AvgIpc) is 2.79. The number of aryl methyl sites for hydroxylation is 1. The van der Waals surface area contributed by atoms with Gasteiger partial charge in [0.15, 0.2) is 0 Å². The van der Waals surface area contributed by atoms with E-state index in [1.54, 1.807) is 24.3 Å². The van der Waals surface area contributed by atoms with Crippen molar-refractivity contribution in [1.82, 2.24) is 4.98 Å². The van der Waals surface area contributed by atoms with E-state index in [2.05, 4.69) is 5.32 Å². The highest BCUT2D eigenvalue weighted by Gasteiger charge is 2.11. The van der Waals surface area contributed by atoms with E-state index in [1.807, 2.05) is 74.4 Å². The van der Waals surface area contributed by atoms with Gasteiger partial charge in [-0.1, -0.05) is 18.2 Å². The van der Waals surface area contributed by atoms with Gasteiger partial charge in [-0.05, 0) is 67.1 Å². The van der Waals surface area contributed by atoms with Crippen molar-refractivity contribution < 1.29 is 9.59 Å². The van der Waals surface area contributed by atoms with Crippen molar-refractivity contribution >= 4 is 34.1 Å². The molecule has 4 rings (SSSR count). The first-order valence-corrected chi connectivity index (χ1v) is 10.2. The number of carbonyl (C=O) groups excluding carboxylic acids is 2. The number of rotatable bonds is 5. The van der Waals surface area contributed by atoms with Crippen molar-refractivity contribution in [2.45, 2.75) is 6.92 Å². The smallest absolute Gasteiger partial charge is 0.255 e. The average molecular weight is 425 g/mol. The van der Waals surface area contributed by atoms with Crippen molar-refractivity contribution in [3.63, 3.8) is 0 Å². The Labute approximate surface area is 186 Å². The Morgan fingerprint density at radius 3 is 2.47 bits per heavy atom. The molecule has 3 aromatic carbocycles. The second-order valence-corrected chi connectivity index (χ2v) is 7.90. The zero-order valence-electron chi connectivity index (χ0n) is 18.2. The molecule has 2 amide bonds. The molecule has 4 aromatic rings. The predicted octanol–water partition coefficient (Wildman–Crippen LogP) is 4.63. The lowest BCUT2D eigenvalue weighted by Crippen LogP contribution is -2.14. The lowest BCUT2D eigenvalue weighted by molar-refractivity contribution is 0.0997. The van der Waals surface area contributed by atoms with Crippen LogP contribution in [0.1, 0.15) is 26.3 Å². The van der Waals surface area contributed by atoms with Crippen LogP contribution in [-0.2, 0) is 0 Å². The second kappa shape index (κ2) is 8.51. The fourth-order valence-corrected chi connectivity index (χ4v) is 3.53. The number of amides is 2. The van der Waals surface area contributed by atoms with E-state index in [0.29, 0.717) is 16.8 Å². The minimum absolute atomic E-state index is 0.172. The van der Waals surface area contributed by atoms with Gasteiger partial charge in [-0.3, -0.25) is 9.59 Å². The Kier molecular flexibility index (Phi) is 5.60. The highest BCUT2D eigenvalue weighted by molar-refractivity contribution is 6.05. The van der Waals surface area contributed by atoms with Crippen LogP contribution in [0.5, 0.6) is 0 Å². The summed E-state index contributed by atoms with van der Waals surface area (Å²) in [7, 11) is 3.88. The molecule has 3 N–H and O–H groups in total. The number of nitrogens with zero attached hydrogens (tertiary/aromatic N) is 2. The molecule has 0 radical (unpaired) electrons. The van der Waals surface area contributed by atoms with Gasteiger partial charge >= 0.3 is 0 Å². The first-order valence-electron chi connectivity index (χ1n) is 10.2. The maximum Gasteiger partial charge on any atom is 0.255 e. The molecule has 0 bridgehead atoms. The van der Waals surface area contributed by atoms with Crippen molar-refractivity contribution in [2.75, 3.05) is 24.3 Å². The SMILES string of the molecule is Cc1ccc(NC(=O)c2cccc(N(C)C)c2)cc1-c1ccc2cc(C(N)=O)ccc2n1. The fourth-order valence-electron chi connectivity index (χ4n) is 3.53. The van der Waals surface area contributed by atoms with Gasteiger partial charge in [0, 0.05) is 47.5 Å². The van der Waals surface area contributed by atoms with E-state index in [1.165, 1.54) is 0 Å². The van der Waals surface area contributed by atoms with Crippen LogP contribution in [0, 0.1) is 6.92 Å². The highest BCUT2D eigenvalue weighted by atomic mass is 16.2. The zero-order chi connectivity index (χ0) is 22.8. The normalized spacial score (nSPS) is 10.7. The minimum atomic E-state index is -0.466. The Balaban J connectivity index is 1.64. The van der Waals surface area contributed by atoms with Crippen LogP contribution in [0.3, 0.4) is 0 Å². The predicted molar refractivity (Wildman–Crippen MR) is 129 cm³/mol. The van der Waals surface area contributed by atoms with E-state index in [9.17, 15) is 9.59 Å². The van der Waals surface area contributed by atoms with Crippen molar-refractivity contribution in [2.24, 2.45) is 5.73 Å². The number of fused-ring (bicyclic) bond motifs is 1. The van der Waals surface area contributed by atoms with Crippen LogP contribution < -0.4 is 16.0 Å². The van der Waals surface area contributed by atoms with Crippen molar-refractivity contribution in [3.8, 4) is 11.3 Å². The molecule has 6 nitrogen and oxygen atoms in total. The van der Waals surface area contributed by atoms with Gasteiger partial charge in [0.05, 0.1) is 11.2 Å². The summed E-state index contributed by atoms with van der Waals surface area (Å²) in [5, 5.41) is 3.82. The molecule has 1 aromatic heterocycles. The van der Waals surface area contributed by atoms with Gasteiger partial charge in [0.1, 0.15) is 0 Å². The number of nitrogens with one attached hydrogen (secondary N) is 1. The summed E-state index contributed by atoms with van der Waals surface area (Å²) >= 11 is 0. The summed E-state index contributed by atoms with van der Waals surface area (Å²) in [6.07, 6.45) is 0. The molecular formula is C26H24N4O2. The third-order valence-electron chi connectivity index (χ3n) is 5.37. The number of hydrogen-bond donors (Lipinski definition) is 2. The summed E-state index contributed by atoms with van der Waals surface area (Å²) in [5.41, 5.74) is 11.6. The number of benzene rings is 3. The van der Waals surface area contributed by atoms with Gasteiger partial charge in [0.25, 0.3) is 5.91 Å². The van der Waals surface area contributed by atoms with Gasteiger partial charge in [0.2, 0.25) is 5.91 Å². The number of carbonyl (C=O) groups is 2. The van der Waals surface area contributed by atoms with Crippen LogP contribution in [0.25, 0.3) is 22.2 Å². The van der Waals surface area contributed by atoms with Crippen LogP contribution in [0.2, 0.25) is 0 Å². The Morgan fingerprint density at radius 2 is 1.72 bits per heavy atom. The van der Waals surface area contributed by atoms with Gasteiger partial charge in [-0.25, -0.2) is 4.98 Å². The molecule has 0 aliphatic rings. The molecular weight excluding hydrogens is 400 g/mol. The van der Waals surface area contributed by atoms with Crippen molar-refractivity contribution in [3.05, 3.63) is 89.5 Å². The molecule has 160 valence electrons. The zero-order valence-corrected chi connectivity index (χ0v) is 18.2. The third-order valence-corrected chi connectivity index (χ3v) is 5.37. The summed E-state index contributed by atoms with van der Waals surface area (Å²) in [6, 6.07) is 22.3. The van der Waals surface area contributed by atoms with Gasteiger partial charge in [-0.2, -0.15) is 0 Å². The summed E-state index contributed by atoms with van der Waals surface area (Å²) in [5.74, 6) is -0.639. The summed E-state index contributed by atoms with van der Waals surface area (Å²) < 4.78 is 0. The van der Waals surface area contributed by atoms with E-state index in [4.69, 9.17) is 10.7 Å². The number of aromatic nitrogens is 1. The molecule has 0 spiro atoms. The van der Waals surface area contributed by atoms with E-state index < -0.39 is 5.91 Å². The number of pyridine rings is 1. The quantitative estimate of drug-likeness (QED) is 0.489. The second-order valence-electron chi connectivity index (χ2n) is 7.90. The van der Waals surface area contributed by atoms with Gasteiger partial charge < -0.3 is 16.0 Å². The molecule has 0 aliphatic heterocycles. The molecule has 0 aliphatic carbocycles. The summed E-state index contributed by atoms with van der Waals surface area (Å²) in [4.78, 5) is 30.9. The first kappa shape index (κ1) is 21.1. The number of primary amides is 1. The van der Waals surface area contributed by atoms with Crippen LogP contribution in [0.15, 0.2) is 72.8 Å². The molecule has 0 saturated heterocycles. The van der Waals surface area contributed by atoms with Crippen molar-refractivity contribution in [1.29, 1.82) is 0 Å². The minimum Gasteiger partial charge on any atom is -0.378 e. The van der Waals surface area contributed by atoms with E-state index in [-0.39, 0.29) is 5.91 Å². The topological polar surface area (TPSA) is 88.3 Å². The highest BCUT2D eigenvalue weighted by Crippen LogP contribution is 2.28. The van der Waals surface area contributed by atoms with E-state index >= 15 is 0 Å². The molecule has 0 saturated carbocycles. The molecule has 0 atom stereocenters. The first-order chi connectivity index (χ1) is 15.3. The Hall–Kier alpha value is -4.19. The van der Waals surface area contributed by atoms with E-state index in [0.717, 1.165) is 33.4 Å². The maximum atomic E-state index is 12.8. The largest absolute Gasteiger partial charge is 0.378 e. The Morgan fingerprint density at radius 1 is 0.906 bits per heavy atom. The van der Waals surface area contributed by atoms with Gasteiger partial charge in [-0.15, -0.1) is 0 Å². The van der Waals surface area contributed by atoms with Crippen LogP contribution in [0.4, 0.5) is 11.4 Å². The molecule has 1 heterocycles. The Bertz CT molecular complexity index is 1340. The van der Waals surface area contributed by atoms with Crippen LogP contribution in [-0.4, -0.2) is 30.9 Å².